The zero-order chi connectivity index (χ0) is 13.7. The molecule has 1 rings (SSSR count). The molecule has 1 aromatic rings. The number of carboxylic acid groups (broad SMARTS) is 1. The molecule has 5 heteroatoms. The van der Waals surface area contributed by atoms with Crippen molar-refractivity contribution < 1.29 is 23.4 Å². The lowest BCUT2D eigenvalue weighted by atomic mass is 9.98. The van der Waals surface area contributed by atoms with Crippen LogP contribution >= 0.6 is 0 Å². The zero-order valence-electron chi connectivity index (χ0n) is 10.4. The second-order valence-electron chi connectivity index (χ2n) is 4.03. The number of halogens is 2. The molecule has 0 bridgehead atoms. The van der Waals surface area contributed by atoms with E-state index in [-0.39, 0.29) is 17.7 Å². The van der Waals surface area contributed by atoms with Gasteiger partial charge in [0.25, 0.3) is 6.43 Å². The summed E-state index contributed by atoms with van der Waals surface area (Å²) in [5.41, 5.74) is 1.35. The average Bonchev–Trinajstić information content (AvgIpc) is 2.29. The van der Waals surface area contributed by atoms with Gasteiger partial charge in [-0.25, -0.2) is 8.78 Å². The summed E-state index contributed by atoms with van der Waals surface area (Å²) in [4.78, 5) is 10.5. The van der Waals surface area contributed by atoms with Gasteiger partial charge in [-0.2, -0.15) is 0 Å². The maximum absolute atomic E-state index is 12.8. The van der Waals surface area contributed by atoms with Crippen LogP contribution in [0.5, 0.6) is 5.75 Å². The Bertz CT molecular complexity index is 430. The molecule has 3 nitrogen and oxygen atoms in total. The topological polar surface area (TPSA) is 46.5 Å². The summed E-state index contributed by atoms with van der Waals surface area (Å²) in [6.07, 6.45) is -1.76. The molecule has 18 heavy (non-hydrogen) atoms. The fourth-order valence-corrected chi connectivity index (χ4v) is 1.88. The number of benzene rings is 1. The molecule has 0 aliphatic carbocycles. The number of carbonyl (C=O) groups is 1. The third-order valence-electron chi connectivity index (χ3n) is 2.78. The molecule has 0 saturated carbocycles. The highest BCUT2D eigenvalue weighted by molar-refractivity contribution is 5.66. The van der Waals surface area contributed by atoms with E-state index in [4.69, 9.17) is 9.84 Å². The predicted molar refractivity (Wildman–Crippen MR) is 63.3 cm³/mol. The highest BCUT2D eigenvalue weighted by Gasteiger charge is 2.18. The summed E-state index contributed by atoms with van der Waals surface area (Å²) in [5.74, 6) is -0.716. The van der Waals surface area contributed by atoms with Crippen LogP contribution in [0.1, 0.15) is 36.0 Å². The smallest absolute Gasteiger partial charge is 0.303 e. The predicted octanol–water partition coefficient (Wildman–Crippen LogP) is 3.35. The van der Waals surface area contributed by atoms with Crippen molar-refractivity contribution in [2.24, 2.45) is 0 Å². The highest BCUT2D eigenvalue weighted by atomic mass is 19.3. The molecule has 0 amide bonds. The molecular formula is C13H16F2O3. The van der Waals surface area contributed by atoms with Gasteiger partial charge in [-0.3, -0.25) is 4.79 Å². The van der Waals surface area contributed by atoms with Gasteiger partial charge in [0.1, 0.15) is 5.75 Å². The maximum Gasteiger partial charge on any atom is 0.303 e. The highest BCUT2D eigenvalue weighted by Crippen LogP contribution is 2.34. The Morgan fingerprint density at radius 1 is 1.44 bits per heavy atom. The van der Waals surface area contributed by atoms with Crippen molar-refractivity contribution in [1.29, 1.82) is 0 Å². The molecule has 0 spiro atoms. The molecule has 0 fully saturated rings. The van der Waals surface area contributed by atoms with Gasteiger partial charge in [0, 0.05) is 6.42 Å². The van der Waals surface area contributed by atoms with Crippen molar-refractivity contribution in [3.05, 3.63) is 28.8 Å². The van der Waals surface area contributed by atoms with Gasteiger partial charge in [-0.1, -0.05) is 6.07 Å². The number of aliphatic carboxylic acids is 1. The second kappa shape index (κ2) is 6.33. The Morgan fingerprint density at radius 2 is 2.11 bits per heavy atom. The van der Waals surface area contributed by atoms with Crippen LogP contribution in [0.4, 0.5) is 8.78 Å². The van der Waals surface area contributed by atoms with Crippen LogP contribution < -0.4 is 4.74 Å². The normalized spacial score (nSPS) is 10.7. The molecule has 1 aromatic carbocycles. The van der Waals surface area contributed by atoms with Crippen molar-refractivity contribution in [3.8, 4) is 5.75 Å². The standard InChI is InChI=1S/C13H16F2O3/c1-8-6-7-10(13(14)15)12(18-2)9(8)4-3-5-11(16)17/h6-7,13H,3-5H2,1-2H3,(H,16,17). The molecule has 0 aliphatic heterocycles. The van der Waals surface area contributed by atoms with E-state index in [0.717, 1.165) is 5.56 Å². The minimum absolute atomic E-state index is 0.0154. The van der Waals surface area contributed by atoms with Gasteiger partial charge in [-0.05, 0) is 37.0 Å². The van der Waals surface area contributed by atoms with Crippen LogP contribution in [0.2, 0.25) is 0 Å². The molecule has 0 unspecified atom stereocenters. The maximum atomic E-state index is 12.8. The number of alkyl halides is 2. The molecule has 0 radical (unpaired) electrons. The second-order valence-corrected chi connectivity index (χ2v) is 4.03. The minimum Gasteiger partial charge on any atom is -0.496 e. The van der Waals surface area contributed by atoms with E-state index in [1.54, 1.807) is 13.0 Å². The summed E-state index contributed by atoms with van der Waals surface area (Å²) in [7, 11) is 1.35. The summed E-state index contributed by atoms with van der Waals surface area (Å²) >= 11 is 0. The monoisotopic (exact) mass is 258 g/mol. The molecule has 0 aromatic heterocycles. The van der Waals surface area contributed by atoms with E-state index in [0.29, 0.717) is 18.4 Å². The van der Waals surface area contributed by atoms with Crippen LogP contribution in [0.3, 0.4) is 0 Å². The lowest BCUT2D eigenvalue weighted by Crippen LogP contribution is -2.02. The fraction of sp³-hybridized carbons (Fsp3) is 0.462. The lowest BCUT2D eigenvalue weighted by molar-refractivity contribution is -0.137. The first kappa shape index (κ1) is 14.4. The van der Waals surface area contributed by atoms with Crippen molar-refractivity contribution >= 4 is 5.97 Å². The molecule has 0 atom stereocenters. The van der Waals surface area contributed by atoms with E-state index in [2.05, 4.69) is 0 Å². The molecule has 0 heterocycles. The van der Waals surface area contributed by atoms with Crippen LogP contribution in [0, 0.1) is 6.92 Å². The van der Waals surface area contributed by atoms with Gasteiger partial charge in [0.15, 0.2) is 0 Å². The fourth-order valence-electron chi connectivity index (χ4n) is 1.88. The number of methoxy groups -OCH3 is 1. The molecule has 0 saturated heterocycles. The summed E-state index contributed by atoms with van der Waals surface area (Å²) in [6.45, 7) is 1.80. The van der Waals surface area contributed by atoms with Crippen LogP contribution in [-0.4, -0.2) is 18.2 Å². The summed E-state index contributed by atoms with van der Waals surface area (Å²) in [5, 5.41) is 8.58. The number of aryl methyl sites for hydroxylation is 1. The van der Waals surface area contributed by atoms with E-state index >= 15 is 0 Å². The average molecular weight is 258 g/mol. The quantitative estimate of drug-likeness (QED) is 0.851. The largest absolute Gasteiger partial charge is 0.496 e. The van der Waals surface area contributed by atoms with E-state index in [1.807, 2.05) is 0 Å². The van der Waals surface area contributed by atoms with Gasteiger partial charge >= 0.3 is 5.97 Å². The first-order valence-corrected chi connectivity index (χ1v) is 5.63. The molecular weight excluding hydrogens is 242 g/mol. The van der Waals surface area contributed by atoms with Crippen molar-refractivity contribution in [1.82, 2.24) is 0 Å². The number of carboxylic acids is 1. The Kier molecular flexibility index (Phi) is 5.07. The van der Waals surface area contributed by atoms with Crippen molar-refractivity contribution in [2.45, 2.75) is 32.6 Å². The Balaban J connectivity index is 3.00. The minimum atomic E-state index is -2.60. The van der Waals surface area contributed by atoms with Crippen LogP contribution in [0.15, 0.2) is 12.1 Å². The SMILES string of the molecule is COc1c(C(F)F)ccc(C)c1CCCC(=O)O. The molecule has 100 valence electrons. The van der Waals surface area contributed by atoms with Gasteiger partial charge in [-0.15, -0.1) is 0 Å². The number of ether oxygens (including phenoxy) is 1. The zero-order valence-corrected chi connectivity index (χ0v) is 10.4. The van der Waals surface area contributed by atoms with E-state index < -0.39 is 12.4 Å². The van der Waals surface area contributed by atoms with Crippen LogP contribution in [0.25, 0.3) is 0 Å². The van der Waals surface area contributed by atoms with Gasteiger partial charge in [0.2, 0.25) is 0 Å². The summed E-state index contributed by atoms with van der Waals surface area (Å²) in [6, 6.07) is 2.96. The number of hydrogen-bond acceptors (Lipinski definition) is 2. The Morgan fingerprint density at radius 3 is 2.61 bits per heavy atom. The van der Waals surface area contributed by atoms with Gasteiger partial charge in [0.05, 0.1) is 12.7 Å². The van der Waals surface area contributed by atoms with Crippen molar-refractivity contribution in [2.75, 3.05) is 7.11 Å². The van der Waals surface area contributed by atoms with E-state index in [9.17, 15) is 13.6 Å². The van der Waals surface area contributed by atoms with Crippen LogP contribution in [-0.2, 0) is 11.2 Å². The number of hydrogen-bond donors (Lipinski definition) is 1. The Labute approximate surface area is 104 Å². The van der Waals surface area contributed by atoms with Crippen molar-refractivity contribution in [3.63, 3.8) is 0 Å². The molecule has 0 aliphatic rings. The third kappa shape index (κ3) is 3.42. The molecule has 1 N–H and O–H groups in total. The third-order valence-corrected chi connectivity index (χ3v) is 2.78. The van der Waals surface area contributed by atoms with E-state index in [1.165, 1.54) is 13.2 Å². The van der Waals surface area contributed by atoms with Gasteiger partial charge < -0.3 is 9.84 Å². The lowest BCUT2D eigenvalue weighted by Gasteiger charge is -2.15. The first-order chi connectivity index (χ1) is 8.47. The first-order valence-electron chi connectivity index (χ1n) is 5.63. The Hall–Kier alpha value is -1.65. The summed E-state index contributed by atoms with van der Waals surface area (Å²) < 4.78 is 30.7. The number of rotatable bonds is 6.